The van der Waals surface area contributed by atoms with Gasteiger partial charge >= 0.3 is 0 Å². The summed E-state index contributed by atoms with van der Waals surface area (Å²) >= 11 is 0. The van der Waals surface area contributed by atoms with Crippen molar-refractivity contribution in [2.75, 3.05) is 0 Å². The van der Waals surface area contributed by atoms with Crippen molar-refractivity contribution in [1.82, 2.24) is 4.57 Å². The van der Waals surface area contributed by atoms with E-state index in [1.807, 2.05) is 13.1 Å². The normalized spacial score (nSPS) is 11.6. The molecule has 0 aliphatic heterocycles. The van der Waals surface area contributed by atoms with Crippen molar-refractivity contribution in [2.45, 2.75) is 20.4 Å². The maximum Gasteiger partial charge on any atom is 0.269 e. The van der Waals surface area contributed by atoms with E-state index in [-0.39, 0.29) is 5.69 Å². The zero-order valence-corrected chi connectivity index (χ0v) is 15.2. The van der Waals surface area contributed by atoms with Crippen LogP contribution >= 0.6 is 0 Å². The van der Waals surface area contributed by atoms with Crippen LogP contribution in [0.2, 0.25) is 0 Å². The number of hydrogen-bond acceptors (Lipinski definition) is 3. The molecule has 0 bridgehead atoms. The summed E-state index contributed by atoms with van der Waals surface area (Å²) in [7, 11) is 0. The van der Waals surface area contributed by atoms with Crippen molar-refractivity contribution >= 4 is 39.4 Å². The second-order valence-corrected chi connectivity index (χ2v) is 6.52. The summed E-state index contributed by atoms with van der Waals surface area (Å²) in [6.07, 6.45) is 1.81. The minimum absolute atomic E-state index is 0.0836. The summed E-state index contributed by atoms with van der Waals surface area (Å²) in [4.78, 5) is 15.0. The smallest absolute Gasteiger partial charge is 0.269 e. The van der Waals surface area contributed by atoms with Gasteiger partial charge in [-0.1, -0.05) is 24.3 Å². The van der Waals surface area contributed by atoms with E-state index in [0.717, 1.165) is 23.4 Å². The van der Waals surface area contributed by atoms with Gasteiger partial charge < -0.3 is 4.57 Å². The van der Waals surface area contributed by atoms with Gasteiger partial charge in [-0.05, 0) is 49.2 Å². The van der Waals surface area contributed by atoms with Crippen LogP contribution in [-0.2, 0) is 6.54 Å². The van der Waals surface area contributed by atoms with Crippen LogP contribution < -0.4 is 0 Å². The molecule has 1 aromatic heterocycles. The van der Waals surface area contributed by atoms with E-state index in [2.05, 4.69) is 58.9 Å². The first-order chi connectivity index (χ1) is 13.1. The molecular formula is C22H19N3O2. The third kappa shape index (κ3) is 2.97. The number of aryl methyl sites for hydroxylation is 2. The zero-order chi connectivity index (χ0) is 19.0. The van der Waals surface area contributed by atoms with Crippen LogP contribution in [-0.4, -0.2) is 15.7 Å². The first-order valence-electron chi connectivity index (χ1n) is 8.88. The first-order valence-corrected chi connectivity index (χ1v) is 8.88. The molecule has 134 valence electrons. The van der Waals surface area contributed by atoms with Crippen molar-refractivity contribution < 1.29 is 4.92 Å². The summed E-state index contributed by atoms with van der Waals surface area (Å²) in [5.74, 6) is 0. The average molecular weight is 357 g/mol. The molecule has 27 heavy (non-hydrogen) atoms. The van der Waals surface area contributed by atoms with Gasteiger partial charge in [-0.2, -0.15) is 0 Å². The Bertz CT molecular complexity index is 1210. The Hall–Kier alpha value is -3.47. The lowest BCUT2D eigenvalue weighted by Gasteiger charge is -2.03. The monoisotopic (exact) mass is 357 g/mol. The number of benzene rings is 3. The molecule has 4 aromatic rings. The fourth-order valence-electron chi connectivity index (χ4n) is 3.53. The summed E-state index contributed by atoms with van der Waals surface area (Å²) < 4.78 is 2.31. The predicted octanol–water partition coefficient (Wildman–Crippen LogP) is 5.78. The van der Waals surface area contributed by atoms with Crippen LogP contribution in [0.1, 0.15) is 18.1 Å². The van der Waals surface area contributed by atoms with Gasteiger partial charge in [0.15, 0.2) is 0 Å². The summed E-state index contributed by atoms with van der Waals surface area (Å²) in [6, 6.07) is 19.5. The molecular weight excluding hydrogens is 338 g/mol. The Morgan fingerprint density at radius 1 is 1.04 bits per heavy atom. The second-order valence-electron chi connectivity index (χ2n) is 6.52. The van der Waals surface area contributed by atoms with Crippen LogP contribution in [0, 0.1) is 17.0 Å². The molecule has 5 heteroatoms. The number of aromatic nitrogens is 1. The standard InChI is InChI=1S/C22H19N3O2/c1-3-24-21-7-5-4-6-18(21)19-13-16(8-11-22(19)24)14-23-20-10-9-17(25(26)27)12-15(20)2/h4-14H,3H2,1-2H3. The molecule has 3 aromatic carbocycles. The Labute approximate surface area is 156 Å². The number of nitro benzene ring substituents is 1. The number of para-hydroxylation sites is 1. The Balaban J connectivity index is 1.76. The van der Waals surface area contributed by atoms with Gasteiger partial charge in [-0.15, -0.1) is 0 Å². The lowest BCUT2D eigenvalue weighted by Crippen LogP contribution is -1.92. The number of aliphatic imine (C=N–C) groups is 1. The average Bonchev–Trinajstić information content (AvgIpc) is 3.00. The molecule has 0 amide bonds. The molecule has 0 radical (unpaired) electrons. The fraction of sp³-hybridized carbons (Fsp3) is 0.136. The van der Waals surface area contributed by atoms with Crippen molar-refractivity contribution in [1.29, 1.82) is 0 Å². The highest BCUT2D eigenvalue weighted by atomic mass is 16.6. The molecule has 0 N–H and O–H groups in total. The highest BCUT2D eigenvalue weighted by Gasteiger charge is 2.10. The Kier molecular flexibility index (Phi) is 4.20. The van der Waals surface area contributed by atoms with Gasteiger partial charge in [0, 0.05) is 46.7 Å². The summed E-state index contributed by atoms with van der Waals surface area (Å²) in [6.45, 7) is 4.90. The van der Waals surface area contributed by atoms with E-state index in [1.54, 1.807) is 12.1 Å². The molecule has 0 unspecified atom stereocenters. The molecule has 1 heterocycles. The number of fused-ring (bicyclic) bond motifs is 3. The maximum absolute atomic E-state index is 10.9. The van der Waals surface area contributed by atoms with Crippen molar-refractivity contribution in [3.8, 4) is 0 Å². The van der Waals surface area contributed by atoms with Crippen molar-refractivity contribution in [3.05, 3.63) is 81.9 Å². The molecule has 0 saturated heterocycles. The summed E-state index contributed by atoms with van der Waals surface area (Å²) in [5, 5.41) is 13.3. The van der Waals surface area contributed by atoms with E-state index in [4.69, 9.17) is 0 Å². The number of hydrogen-bond donors (Lipinski definition) is 0. The topological polar surface area (TPSA) is 60.4 Å². The molecule has 0 spiro atoms. The maximum atomic E-state index is 10.9. The third-order valence-corrected chi connectivity index (χ3v) is 4.86. The summed E-state index contributed by atoms with van der Waals surface area (Å²) in [5.41, 5.74) is 5.04. The van der Waals surface area contributed by atoms with Gasteiger partial charge in [0.1, 0.15) is 0 Å². The van der Waals surface area contributed by atoms with E-state index in [0.29, 0.717) is 0 Å². The lowest BCUT2D eigenvalue weighted by molar-refractivity contribution is -0.384. The van der Waals surface area contributed by atoms with E-state index < -0.39 is 4.92 Å². The fourth-order valence-corrected chi connectivity index (χ4v) is 3.53. The van der Waals surface area contributed by atoms with E-state index in [9.17, 15) is 10.1 Å². The quantitative estimate of drug-likeness (QED) is 0.264. The minimum Gasteiger partial charge on any atom is -0.341 e. The van der Waals surface area contributed by atoms with Crippen molar-refractivity contribution in [2.24, 2.45) is 4.99 Å². The van der Waals surface area contributed by atoms with Crippen LogP contribution in [0.25, 0.3) is 21.8 Å². The Morgan fingerprint density at radius 3 is 2.56 bits per heavy atom. The largest absolute Gasteiger partial charge is 0.341 e. The van der Waals surface area contributed by atoms with Gasteiger partial charge in [0.2, 0.25) is 0 Å². The van der Waals surface area contributed by atoms with Crippen LogP contribution in [0.3, 0.4) is 0 Å². The third-order valence-electron chi connectivity index (χ3n) is 4.86. The molecule has 0 saturated carbocycles. The molecule has 5 nitrogen and oxygen atoms in total. The second kappa shape index (κ2) is 6.68. The molecule has 0 fully saturated rings. The van der Waals surface area contributed by atoms with Crippen LogP contribution in [0.4, 0.5) is 11.4 Å². The predicted molar refractivity (Wildman–Crippen MR) is 110 cm³/mol. The molecule has 0 aliphatic carbocycles. The number of rotatable bonds is 4. The van der Waals surface area contributed by atoms with E-state index >= 15 is 0 Å². The van der Waals surface area contributed by atoms with Crippen molar-refractivity contribution in [3.63, 3.8) is 0 Å². The molecule has 0 atom stereocenters. The SMILES string of the molecule is CCn1c2ccccc2c2cc(C=Nc3ccc([N+](=O)[O-])cc3C)ccc21. The number of non-ortho nitro benzene ring substituents is 1. The highest BCUT2D eigenvalue weighted by Crippen LogP contribution is 2.30. The molecule has 0 aliphatic rings. The zero-order valence-electron chi connectivity index (χ0n) is 15.2. The van der Waals surface area contributed by atoms with E-state index in [1.165, 1.54) is 27.9 Å². The first kappa shape index (κ1) is 17.0. The van der Waals surface area contributed by atoms with Gasteiger partial charge in [0.05, 0.1) is 10.6 Å². The number of nitrogens with zero attached hydrogens (tertiary/aromatic N) is 3. The number of nitro groups is 1. The molecule has 4 rings (SSSR count). The van der Waals surface area contributed by atoms with Crippen LogP contribution in [0.5, 0.6) is 0 Å². The Morgan fingerprint density at radius 2 is 1.81 bits per heavy atom. The lowest BCUT2D eigenvalue weighted by atomic mass is 10.1. The minimum atomic E-state index is -0.391. The van der Waals surface area contributed by atoms with Gasteiger partial charge in [-0.3, -0.25) is 15.1 Å². The van der Waals surface area contributed by atoms with Gasteiger partial charge in [0.25, 0.3) is 5.69 Å². The van der Waals surface area contributed by atoms with Crippen LogP contribution in [0.15, 0.2) is 65.7 Å². The highest BCUT2D eigenvalue weighted by molar-refractivity contribution is 6.09. The van der Waals surface area contributed by atoms with Gasteiger partial charge in [-0.25, -0.2) is 0 Å².